The molecule has 74 valence electrons. The first kappa shape index (κ1) is 9.68. The topological polar surface area (TPSA) is 56.2 Å². The van der Waals surface area contributed by atoms with Crippen molar-refractivity contribution in [3.8, 4) is 0 Å². The summed E-state index contributed by atoms with van der Waals surface area (Å²) in [6.07, 6.45) is 5.88. The zero-order chi connectivity index (χ0) is 10.1. The molecule has 0 aromatic carbocycles. The van der Waals surface area contributed by atoms with Crippen molar-refractivity contribution in [3.05, 3.63) is 34.7 Å². The molecule has 2 unspecified atom stereocenters. The molecule has 1 aromatic heterocycles. The van der Waals surface area contributed by atoms with Gasteiger partial charge in [0, 0.05) is 12.0 Å². The SMILES string of the molecule is NC1C=CC(C(=O)c2occc2Br)C1. The minimum Gasteiger partial charge on any atom is -0.460 e. The number of Topliss-reactive ketones (excluding diaryl/α,β-unsaturated/α-hetero) is 1. The van der Waals surface area contributed by atoms with Gasteiger partial charge in [-0.15, -0.1) is 0 Å². The summed E-state index contributed by atoms with van der Waals surface area (Å²) >= 11 is 3.26. The van der Waals surface area contributed by atoms with Gasteiger partial charge < -0.3 is 10.2 Å². The number of hydrogen-bond acceptors (Lipinski definition) is 3. The van der Waals surface area contributed by atoms with Gasteiger partial charge in [-0.3, -0.25) is 4.79 Å². The molecular formula is C10H10BrNO2. The molecule has 2 rings (SSSR count). The molecule has 0 radical (unpaired) electrons. The van der Waals surface area contributed by atoms with Gasteiger partial charge >= 0.3 is 0 Å². The Kier molecular flexibility index (Phi) is 2.56. The first-order chi connectivity index (χ1) is 6.68. The molecule has 0 aliphatic heterocycles. The summed E-state index contributed by atoms with van der Waals surface area (Å²) in [5.74, 6) is 0.243. The highest BCUT2D eigenvalue weighted by Gasteiger charge is 2.27. The molecule has 2 N–H and O–H groups in total. The smallest absolute Gasteiger partial charge is 0.206 e. The molecular weight excluding hydrogens is 246 g/mol. The van der Waals surface area contributed by atoms with Crippen molar-refractivity contribution < 1.29 is 9.21 Å². The molecule has 0 bridgehead atoms. The third-order valence-corrected chi connectivity index (χ3v) is 2.92. The van der Waals surface area contributed by atoms with E-state index in [-0.39, 0.29) is 17.7 Å². The molecule has 0 saturated heterocycles. The zero-order valence-corrected chi connectivity index (χ0v) is 9.03. The highest BCUT2D eigenvalue weighted by atomic mass is 79.9. The van der Waals surface area contributed by atoms with Crippen molar-refractivity contribution in [1.29, 1.82) is 0 Å². The van der Waals surface area contributed by atoms with Crippen molar-refractivity contribution in [2.45, 2.75) is 12.5 Å². The number of hydrogen-bond donors (Lipinski definition) is 1. The van der Waals surface area contributed by atoms with Crippen LogP contribution in [0.15, 0.2) is 33.4 Å². The quantitative estimate of drug-likeness (QED) is 0.651. The van der Waals surface area contributed by atoms with Crippen LogP contribution in [0, 0.1) is 5.92 Å². The van der Waals surface area contributed by atoms with Crippen LogP contribution in [-0.2, 0) is 0 Å². The van der Waals surface area contributed by atoms with Crippen molar-refractivity contribution in [2.24, 2.45) is 11.7 Å². The van der Waals surface area contributed by atoms with Crippen LogP contribution < -0.4 is 5.73 Å². The summed E-state index contributed by atoms with van der Waals surface area (Å²) in [4.78, 5) is 11.8. The van der Waals surface area contributed by atoms with Crippen molar-refractivity contribution in [1.82, 2.24) is 0 Å². The third-order valence-electron chi connectivity index (χ3n) is 2.29. The molecule has 0 saturated carbocycles. The highest BCUT2D eigenvalue weighted by Crippen LogP contribution is 2.26. The number of nitrogens with two attached hydrogens (primary N) is 1. The van der Waals surface area contributed by atoms with Gasteiger partial charge in [-0.05, 0) is 28.4 Å². The highest BCUT2D eigenvalue weighted by molar-refractivity contribution is 9.10. The van der Waals surface area contributed by atoms with Crippen LogP contribution in [0.2, 0.25) is 0 Å². The second-order valence-corrected chi connectivity index (χ2v) is 4.21. The first-order valence-corrected chi connectivity index (χ1v) is 5.19. The van der Waals surface area contributed by atoms with Gasteiger partial charge in [0.25, 0.3) is 0 Å². The molecule has 1 aromatic rings. The molecule has 2 atom stereocenters. The molecule has 3 nitrogen and oxygen atoms in total. The second kappa shape index (κ2) is 3.71. The van der Waals surface area contributed by atoms with Crippen LogP contribution in [0.5, 0.6) is 0 Å². The molecule has 1 aliphatic carbocycles. The number of halogens is 1. The first-order valence-electron chi connectivity index (χ1n) is 4.39. The number of carbonyl (C=O) groups is 1. The van der Waals surface area contributed by atoms with Gasteiger partial charge in [0.1, 0.15) is 0 Å². The fourth-order valence-electron chi connectivity index (χ4n) is 1.56. The lowest BCUT2D eigenvalue weighted by molar-refractivity contribution is 0.0914. The zero-order valence-electron chi connectivity index (χ0n) is 7.44. The van der Waals surface area contributed by atoms with E-state index < -0.39 is 0 Å². The monoisotopic (exact) mass is 255 g/mol. The van der Waals surface area contributed by atoms with E-state index in [1.165, 1.54) is 6.26 Å². The summed E-state index contributed by atoms with van der Waals surface area (Å²) < 4.78 is 5.81. The van der Waals surface area contributed by atoms with E-state index in [4.69, 9.17) is 10.2 Å². The Bertz CT molecular complexity index is 383. The standard InChI is InChI=1S/C10H10BrNO2/c11-8-3-4-14-10(8)9(13)6-1-2-7(12)5-6/h1-4,6-7H,5,12H2. The van der Waals surface area contributed by atoms with E-state index in [9.17, 15) is 4.79 Å². The maximum atomic E-state index is 11.8. The van der Waals surface area contributed by atoms with Crippen molar-refractivity contribution >= 4 is 21.7 Å². The van der Waals surface area contributed by atoms with Crippen LogP contribution in [0.4, 0.5) is 0 Å². The fourth-order valence-corrected chi connectivity index (χ4v) is 1.96. The Hall–Kier alpha value is -0.870. The largest absolute Gasteiger partial charge is 0.460 e. The molecule has 0 fully saturated rings. The van der Waals surface area contributed by atoms with Crippen LogP contribution in [0.3, 0.4) is 0 Å². The summed E-state index contributed by atoms with van der Waals surface area (Å²) in [7, 11) is 0. The molecule has 0 spiro atoms. The Morgan fingerprint density at radius 2 is 2.36 bits per heavy atom. The van der Waals surface area contributed by atoms with Gasteiger partial charge in [0.05, 0.1) is 10.7 Å². The minimum absolute atomic E-state index is 0.00214. The Labute approximate surface area is 90.1 Å². The summed E-state index contributed by atoms with van der Waals surface area (Å²) in [5, 5.41) is 0. The van der Waals surface area contributed by atoms with Crippen LogP contribution in [0.1, 0.15) is 17.0 Å². The van der Waals surface area contributed by atoms with E-state index in [0.29, 0.717) is 16.7 Å². The normalized spacial score (nSPS) is 25.6. The summed E-state index contributed by atoms with van der Waals surface area (Å²) in [5.41, 5.74) is 5.67. The van der Waals surface area contributed by atoms with Gasteiger partial charge in [0.15, 0.2) is 5.76 Å². The number of ketones is 1. The lowest BCUT2D eigenvalue weighted by atomic mass is 10.0. The van der Waals surface area contributed by atoms with E-state index in [1.54, 1.807) is 6.07 Å². The maximum absolute atomic E-state index is 11.8. The number of allylic oxidation sites excluding steroid dienone is 1. The van der Waals surface area contributed by atoms with Crippen LogP contribution in [0.25, 0.3) is 0 Å². The predicted octanol–water partition coefficient (Wildman–Crippen LogP) is 2.13. The Morgan fingerprint density at radius 3 is 2.86 bits per heavy atom. The average molecular weight is 256 g/mol. The summed E-state index contributed by atoms with van der Waals surface area (Å²) in [6.45, 7) is 0. The predicted molar refractivity (Wildman–Crippen MR) is 56.0 cm³/mol. The minimum atomic E-state index is -0.132. The summed E-state index contributed by atoms with van der Waals surface area (Å²) in [6, 6.07) is 1.71. The average Bonchev–Trinajstić information content (AvgIpc) is 2.73. The van der Waals surface area contributed by atoms with Crippen molar-refractivity contribution in [2.75, 3.05) is 0 Å². The second-order valence-electron chi connectivity index (χ2n) is 3.35. The van der Waals surface area contributed by atoms with Gasteiger partial charge in [-0.2, -0.15) is 0 Å². The van der Waals surface area contributed by atoms with E-state index in [2.05, 4.69) is 15.9 Å². The Morgan fingerprint density at radius 1 is 1.57 bits per heavy atom. The van der Waals surface area contributed by atoms with E-state index in [1.807, 2.05) is 12.2 Å². The molecule has 1 heterocycles. The van der Waals surface area contributed by atoms with Crippen molar-refractivity contribution in [3.63, 3.8) is 0 Å². The third kappa shape index (κ3) is 1.67. The Balaban J connectivity index is 2.18. The number of carbonyl (C=O) groups excluding carboxylic acids is 1. The molecule has 4 heteroatoms. The van der Waals surface area contributed by atoms with Crippen LogP contribution in [-0.4, -0.2) is 11.8 Å². The molecule has 0 amide bonds. The molecule has 14 heavy (non-hydrogen) atoms. The fraction of sp³-hybridized carbons (Fsp3) is 0.300. The molecule has 1 aliphatic rings. The van der Waals surface area contributed by atoms with Gasteiger partial charge in [-0.1, -0.05) is 12.2 Å². The van der Waals surface area contributed by atoms with Gasteiger partial charge in [-0.25, -0.2) is 0 Å². The maximum Gasteiger partial charge on any atom is 0.206 e. The van der Waals surface area contributed by atoms with E-state index >= 15 is 0 Å². The van der Waals surface area contributed by atoms with E-state index in [0.717, 1.165) is 0 Å². The number of rotatable bonds is 2. The number of furan rings is 1. The lowest BCUT2D eigenvalue weighted by Crippen LogP contribution is -2.19. The van der Waals surface area contributed by atoms with Crippen LogP contribution >= 0.6 is 15.9 Å². The lowest BCUT2D eigenvalue weighted by Gasteiger charge is -2.05. The van der Waals surface area contributed by atoms with Gasteiger partial charge in [0.2, 0.25) is 5.78 Å².